The Morgan fingerprint density at radius 3 is 2.46 bits per heavy atom. The highest BCUT2D eigenvalue weighted by molar-refractivity contribution is 7.87. The van der Waals surface area contributed by atoms with Gasteiger partial charge in [0.05, 0.1) is 11.7 Å². The number of likely N-dealkylation sites (N-methyl/N-ethyl adjacent to an activating group) is 1. The summed E-state index contributed by atoms with van der Waals surface area (Å²) in [5, 5.41) is 7.07. The Morgan fingerprint density at radius 1 is 1.23 bits per heavy atom. The Morgan fingerprint density at radius 2 is 1.88 bits per heavy atom. The van der Waals surface area contributed by atoms with Gasteiger partial charge in [-0.15, -0.1) is 0 Å². The van der Waals surface area contributed by atoms with Crippen LogP contribution in [-0.2, 0) is 22.1 Å². The van der Waals surface area contributed by atoms with Crippen molar-refractivity contribution in [3.8, 4) is 0 Å². The van der Waals surface area contributed by atoms with Gasteiger partial charge in [-0.25, -0.2) is 0 Å². The van der Waals surface area contributed by atoms with Crippen LogP contribution in [0.5, 0.6) is 0 Å². The third-order valence-electron chi connectivity index (χ3n) is 4.62. The van der Waals surface area contributed by atoms with Crippen molar-refractivity contribution >= 4 is 21.8 Å². The number of anilines is 1. The fraction of sp³-hybridized carbons (Fsp3) is 0.412. The van der Waals surface area contributed by atoms with Crippen LogP contribution in [0.2, 0.25) is 0 Å². The first kappa shape index (κ1) is 18.6. The summed E-state index contributed by atoms with van der Waals surface area (Å²) in [7, 11) is -0.584. The SMILES string of the molecule is Cc1ccc(NC(=O)[C@H]2C[C@H](c3cn(C)nc3C)NS(=O)(=O)N2C)cc1. The molecule has 0 radical (unpaired) electrons. The second-order valence-corrected chi connectivity index (χ2v) is 8.40. The summed E-state index contributed by atoms with van der Waals surface area (Å²) in [6.45, 7) is 3.78. The molecule has 26 heavy (non-hydrogen) atoms. The molecule has 0 aliphatic carbocycles. The molecule has 9 heteroatoms. The maximum absolute atomic E-state index is 12.8. The third-order valence-corrected chi connectivity index (χ3v) is 6.21. The summed E-state index contributed by atoms with van der Waals surface area (Å²) >= 11 is 0. The number of carbonyl (C=O) groups excluding carboxylic acids is 1. The molecule has 1 fully saturated rings. The van der Waals surface area contributed by atoms with Crippen molar-refractivity contribution in [3.05, 3.63) is 47.3 Å². The fourth-order valence-electron chi connectivity index (χ4n) is 3.14. The average Bonchev–Trinajstić information content (AvgIpc) is 2.90. The molecule has 1 aliphatic rings. The predicted octanol–water partition coefficient (Wildman–Crippen LogP) is 1.26. The van der Waals surface area contributed by atoms with Crippen molar-refractivity contribution in [2.24, 2.45) is 7.05 Å². The topological polar surface area (TPSA) is 96.3 Å². The summed E-state index contributed by atoms with van der Waals surface area (Å²) in [5.74, 6) is -0.354. The molecule has 140 valence electrons. The van der Waals surface area contributed by atoms with E-state index in [2.05, 4.69) is 15.1 Å². The molecule has 0 unspecified atom stereocenters. The first-order valence-electron chi connectivity index (χ1n) is 8.30. The van der Waals surface area contributed by atoms with Gasteiger partial charge in [0.15, 0.2) is 0 Å². The second-order valence-electron chi connectivity index (χ2n) is 6.64. The number of amides is 1. The smallest absolute Gasteiger partial charge is 0.280 e. The highest BCUT2D eigenvalue weighted by atomic mass is 32.2. The number of carbonyl (C=O) groups is 1. The summed E-state index contributed by atoms with van der Waals surface area (Å²) in [6.07, 6.45) is 2.10. The zero-order chi connectivity index (χ0) is 19.1. The van der Waals surface area contributed by atoms with Crippen LogP contribution in [-0.4, -0.2) is 41.5 Å². The van der Waals surface area contributed by atoms with E-state index >= 15 is 0 Å². The lowest BCUT2D eigenvalue weighted by Crippen LogP contribution is -2.56. The molecule has 8 nitrogen and oxygen atoms in total. The van der Waals surface area contributed by atoms with Crippen LogP contribution in [0.1, 0.15) is 29.3 Å². The molecule has 1 saturated heterocycles. The molecule has 0 bridgehead atoms. The molecule has 1 amide bonds. The van der Waals surface area contributed by atoms with Crippen molar-refractivity contribution in [2.45, 2.75) is 32.4 Å². The second kappa shape index (κ2) is 6.82. The van der Waals surface area contributed by atoms with Crippen molar-refractivity contribution in [3.63, 3.8) is 0 Å². The number of hydrogen-bond acceptors (Lipinski definition) is 4. The summed E-state index contributed by atoms with van der Waals surface area (Å²) < 4.78 is 30.4. The predicted molar refractivity (Wildman–Crippen MR) is 98.7 cm³/mol. The normalized spacial score (nSPS) is 22.9. The minimum absolute atomic E-state index is 0.319. The van der Waals surface area contributed by atoms with E-state index in [1.807, 2.05) is 26.0 Å². The van der Waals surface area contributed by atoms with Gasteiger partial charge in [-0.2, -0.15) is 22.5 Å². The molecule has 1 aromatic heterocycles. The first-order chi connectivity index (χ1) is 12.2. The van der Waals surface area contributed by atoms with Gasteiger partial charge in [0, 0.05) is 31.5 Å². The van der Waals surface area contributed by atoms with E-state index in [4.69, 9.17) is 0 Å². The molecule has 0 saturated carbocycles. The molecular weight excluding hydrogens is 354 g/mol. The van der Waals surface area contributed by atoms with Crippen LogP contribution < -0.4 is 10.0 Å². The molecule has 3 rings (SSSR count). The number of aryl methyl sites for hydroxylation is 3. The fourth-order valence-corrected chi connectivity index (χ4v) is 4.40. The van der Waals surface area contributed by atoms with Crippen molar-refractivity contribution in [2.75, 3.05) is 12.4 Å². The highest BCUT2D eigenvalue weighted by Gasteiger charge is 2.41. The molecule has 2 heterocycles. The Kier molecular flexibility index (Phi) is 4.87. The van der Waals surface area contributed by atoms with Crippen LogP contribution in [0, 0.1) is 13.8 Å². The maximum atomic E-state index is 12.8. The Labute approximate surface area is 153 Å². The zero-order valence-corrected chi connectivity index (χ0v) is 16.0. The Hall–Kier alpha value is -2.23. The number of hydrogen-bond donors (Lipinski definition) is 2. The van der Waals surface area contributed by atoms with Gasteiger partial charge in [0.1, 0.15) is 6.04 Å². The van der Waals surface area contributed by atoms with E-state index in [9.17, 15) is 13.2 Å². The molecule has 2 N–H and O–H groups in total. The zero-order valence-electron chi connectivity index (χ0n) is 15.2. The van der Waals surface area contributed by atoms with E-state index in [0.717, 1.165) is 21.1 Å². The highest BCUT2D eigenvalue weighted by Crippen LogP contribution is 2.29. The molecule has 1 aliphatic heterocycles. The number of nitrogens with zero attached hydrogens (tertiary/aromatic N) is 3. The van der Waals surface area contributed by atoms with Crippen LogP contribution in [0.15, 0.2) is 30.5 Å². The molecule has 0 spiro atoms. The minimum atomic E-state index is -3.77. The van der Waals surface area contributed by atoms with Gasteiger partial charge in [-0.3, -0.25) is 9.48 Å². The van der Waals surface area contributed by atoms with E-state index in [0.29, 0.717) is 12.1 Å². The number of aromatic nitrogens is 2. The van der Waals surface area contributed by atoms with Crippen LogP contribution in [0.25, 0.3) is 0 Å². The van der Waals surface area contributed by atoms with Gasteiger partial charge in [-0.1, -0.05) is 17.7 Å². The van der Waals surface area contributed by atoms with Gasteiger partial charge < -0.3 is 5.32 Å². The van der Waals surface area contributed by atoms with Crippen molar-refractivity contribution in [1.82, 2.24) is 18.8 Å². The summed E-state index contributed by atoms with van der Waals surface area (Å²) in [6, 6.07) is 6.06. The molecule has 2 aromatic rings. The first-order valence-corrected chi connectivity index (χ1v) is 9.74. The number of benzene rings is 1. The van der Waals surface area contributed by atoms with Crippen molar-refractivity contribution in [1.29, 1.82) is 0 Å². The summed E-state index contributed by atoms with van der Waals surface area (Å²) in [4.78, 5) is 12.8. The van der Waals surface area contributed by atoms with Crippen LogP contribution in [0.3, 0.4) is 0 Å². The van der Waals surface area contributed by atoms with E-state index in [1.54, 1.807) is 30.1 Å². The van der Waals surface area contributed by atoms with E-state index in [1.165, 1.54) is 7.05 Å². The molecule has 2 atom stereocenters. The summed E-state index contributed by atoms with van der Waals surface area (Å²) in [5.41, 5.74) is 3.23. The Balaban J connectivity index is 1.85. The Bertz CT molecular complexity index is 920. The van der Waals surface area contributed by atoms with E-state index in [-0.39, 0.29) is 5.91 Å². The number of rotatable bonds is 3. The van der Waals surface area contributed by atoms with Gasteiger partial charge in [0.25, 0.3) is 10.2 Å². The number of nitrogens with one attached hydrogen (secondary N) is 2. The van der Waals surface area contributed by atoms with Gasteiger partial charge in [-0.05, 0) is 32.4 Å². The average molecular weight is 377 g/mol. The lowest BCUT2D eigenvalue weighted by molar-refractivity contribution is -0.120. The monoisotopic (exact) mass is 377 g/mol. The standard InChI is InChI=1S/C17H23N5O3S/c1-11-5-7-13(8-6-11)18-17(23)16-9-15(20-26(24,25)22(16)4)14-10-21(3)19-12(14)2/h5-8,10,15-16,20H,9H2,1-4H3,(H,18,23)/t15-,16-/m1/s1. The van der Waals surface area contributed by atoms with Crippen LogP contribution >= 0.6 is 0 Å². The minimum Gasteiger partial charge on any atom is -0.325 e. The quantitative estimate of drug-likeness (QED) is 0.841. The molecular formula is C17H23N5O3S. The van der Waals surface area contributed by atoms with Gasteiger partial charge >= 0.3 is 0 Å². The van der Waals surface area contributed by atoms with E-state index < -0.39 is 22.3 Å². The largest absolute Gasteiger partial charge is 0.325 e. The molecule has 1 aromatic carbocycles. The van der Waals surface area contributed by atoms with Crippen LogP contribution in [0.4, 0.5) is 5.69 Å². The lowest BCUT2D eigenvalue weighted by Gasteiger charge is -2.36. The van der Waals surface area contributed by atoms with Crippen molar-refractivity contribution < 1.29 is 13.2 Å². The lowest BCUT2D eigenvalue weighted by atomic mass is 10.00. The van der Waals surface area contributed by atoms with Gasteiger partial charge in [0.2, 0.25) is 5.91 Å². The maximum Gasteiger partial charge on any atom is 0.280 e. The third kappa shape index (κ3) is 3.64.